The molecule has 1 heterocycles. The number of nitrogens with one attached hydrogen (secondary N) is 2. The van der Waals surface area contributed by atoms with E-state index in [0.717, 1.165) is 0 Å². The fraction of sp³-hybridized carbons (Fsp3) is 0.414. The number of methoxy groups -OCH3 is 1. The third-order valence-electron chi connectivity index (χ3n) is 5.84. The first-order valence-electron chi connectivity index (χ1n) is 13.0. The van der Waals surface area contributed by atoms with Crippen molar-refractivity contribution < 1.29 is 33.3 Å². The van der Waals surface area contributed by atoms with Crippen molar-refractivity contribution in [2.24, 2.45) is 0 Å². The summed E-state index contributed by atoms with van der Waals surface area (Å²) >= 11 is 0. The van der Waals surface area contributed by atoms with E-state index >= 15 is 4.39 Å². The predicted molar refractivity (Wildman–Crippen MR) is 149 cm³/mol. The van der Waals surface area contributed by atoms with Crippen LogP contribution < -0.4 is 25.5 Å². The standard InChI is InChI=1S/C29H36FN3O7/c1-6-15-39-23-12-11-21(30)24-25(23)33(16-20(26(24)35)18-7-9-19(38-5)10-8-18)14-13-31-27(36)22(17-34)32-28(37)40-29(2,3)4/h7-12,16,22,34H,6,13-15,17H2,1-5H3,(H,31,36)(H,32,37)/t22-/m0/s1. The van der Waals surface area contributed by atoms with Gasteiger partial charge < -0.3 is 34.5 Å². The molecule has 0 aliphatic heterocycles. The first kappa shape index (κ1) is 30.4. The van der Waals surface area contributed by atoms with E-state index in [2.05, 4.69) is 10.6 Å². The summed E-state index contributed by atoms with van der Waals surface area (Å²) in [6, 6.07) is 8.25. The molecule has 0 radical (unpaired) electrons. The van der Waals surface area contributed by atoms with Crippen molar-refractivity contribution in [2.45, 2.75) is 52.3 Å². The van der Waals surface area contributed by atoms with Gasteiger partial charge in [0.15, 0.2) is 5.43 Å². The zero-order valence-corrected chi connectivity index (χ0v) is 23.4. The Morgan fingerprint density at radius 2 is 1.82 bits per heavy atom. The Morgan fingerprint density at radius 1 is 1.12 bits per heavy atom. The zero-order chi connectivity index (χ0) is 29.4. The second-order valence-electron chi connectivity index (χ2n) is 10.1. The molecule has 0 unspecified atom stereocenters. The van der Waals surface area contributed by atoms with Gasteiger partial charge in [0, 0.05) is 24.8 Å². The minimum absolute atomic E-state index is 0.0368. The van der Waals surface area contributed by atoms with Gasteiger partial charge in [-0.1, -0.05) is 19.1 Å². The number of aliphatic hydroxyl groups is 1. The van der Waals surface area contributed by atoms with Crippen LogP contribution in [0, 0.1) is 5.82 Å². The number of ether oxygens (including phenoxy) is 3. The van der Waals surface area contributed by atoms with Gasteiger partial charge in [0.2, 0.25) is 5.91 Å². The lowest BCUT2D eigenvalue weighted by molar-refractivity contribution is -0.124. The van der Waals surface area contributed by atoms with Crippen LogP contribution in [0.1, 0.15) is 34.1 Å². The Kier molecular flexibility index (Phi) is 10.1. The normalized spacial score (nSPS) is 12.1. The molecule has 0 aliphatic rings. The molecule has 3 N–H and O–H groups in total. The molecular formula is C29H36FN3O7. The van der Waals surface area contributed by atoms with Gasteiger partial charge in [0.25, 0.3) is 0 Å². The van der Waals surface area contributed by atoms with Gasteiger partial charge in [-0.05, 0) is 57.0 Å². The van der Waals surface area contributed by atoms with Crippen molar-refractivity contribution in [1.82, 2.24) is 15.2 Å². The summed E-state index contributed by atoms with van der Waals surface area (Å²) in [5.41, 5.74) is -0.197. The summed E-state index contributed by atoms with van der Waals surface area (Å²) in [6.45, 7) is 6.84. The molecule has 1 atom stereocenters. The largest absolute Gasteiger partial charge is 0.497 e. The molecule has 2 aromatic carbocycles. The summed E-state index contributed by atoms with van der Waals surface area (Å²) in [7, 11) is 1.53. The highest BCUT2D eigenvalue weighted by Gasteiger charge is 2.24. The van der Waals surface area contributed by atoms with E-state index in [1.165, 1.54) is 19.2 Å². The Labute approximate surface area is 232 Å². The average molecular weight is 558 g/mol. The van der Waals surface area contributed by atoms with Gasteiger partial charge in [-0.25, -0.2) is 9.18 Å². The SMILES string of the molecule is CCCOc1ccc(F)c2c(=O)c(-c3ccc(OC)cc3)cn(CCNC(=O)[C@H](CO)NC(=O)OC(C)(C)C)c12. The maximum atomic E-state index is 15.1. The number of fused-ring (bicyclic) bond motifs is 1. The molecule has 0 aliphatic carbocycles. The van der Waals surface area contributed by atoms with Crippen molar-refractivity contribution in [3.63, 3.8) is 0 Å². The van der Waals surface area contributed by atoms with Crippen molar-refractivity contribution in [2.75, 3.05) is 26.9 Å². The van der Waals surface area contributed by atoms with Crippen molar-refractivity contribution in [3.8, 4) is 22.6 Å². The molecular weight excluding hydrogens is 521 g/mol. The molecule has 0 bridgehead atoms. The minimum Gasteiger partial charge on any atom is -0.497 e. The van der Waals surface area contributed by atoms with Crippen LogP contribution in [0.25, 0.3) is 22.0 Å². The van der Waals surface area contributed by atoms with Gasteiger partial charge in [0.05, 0.1) is 31.2 Å². The number of hydrogen-bond donors (Lipinski definition) is 3. The average Bonchev–Trinajstić information content (AvgIpc) is 2.91. The number of aromatic nitrogens is 1. The molecule has 0 fully saturated rings. The third-order valence-corrected chi connectivity index (χ3v) is 5.84. The Bertz CT molecular complexity index is 1400. The predicted octanol–water partition coefficient (Wildman–Crippen LogP) is 3.61. The van der Waals surface area contributed by atoms with Crippen LogP contribution in [0.4, 0.5) is 9.18 Å². The molecule has 3 rings (SSSR count). The Balaban J connectivity index is 1.94. The number of rotatable bonds is 11. The van der Waals surface area contributed by atoms with Gasteiger partial charge in [-0.15, -0.1) is 0 Å². The fourth-order valence-corrected chi connectivity index (χ4v) is 4.01. The van der Waals surface area contributed by atoms with Crippen LogP contribution in [-0.2, 0) is 16.1 Å². The number of nitrogens with zero attached hydrogens (tertiary/aromatic N) is 1. The lowest BCUT2D eigenvalue weighted by Crippen LogP contribution is -2.50. The quantitative estimate of drug-likeness (QED) is 0.329. The van der Waals surface area contributed by atoms with Crippen LogP contribution in [-0.4, -0.2) is 60.2 Å². The summed E-state index contributed by atoms with van der Waals surface area (Å²) < 4.78 is 33.0. The highest BCUT2D eigenvalue weighted by atomic mass is 19.1. The van der Waals surface area contributed by atoms with E-state index in [1.54, 1.807) is 55.8 Å². The van der Waals surface area contributed by atoms with E-state index in [1.807, 2.05) is 6.92 Å². The highest BCUT2D eigenvalue weighted by molar-refractivity contribution is 5.89. The number of aliphatic hydroxyl groups excluding tert-OH is 1. The van der Waals surface area contributed by atoms with E-state index in [9.17, 15) is 19.5 Å². The second-order valence-corrected chi connectivity index (χ2v) is 10.1. The van der Waals surface area contributed by atoms with Crippen LogP contribution in [0.2, 0.25) is 0 Å². The maximum Gasteiger partial charge on any atom is 0.408 e. The fourth-order valence-electron chi connectivity index (χ4n) is 4.01. The lowest BCUT2D eigenvalue weighted by atomic mass is 10.0. The first-order valence-corrected chi connectivity index (χ1v) is 13.0. The maximum absolute atomic E-state index is 15.1. The molecule has 0 saturated carbocycles. The van der Waals surface area contributed by atoms with Gasteiger partial charge in [0.1, 0.15) is 29.0 Å². The minimum atomic E-state index is -1.24. The number of amides is 2. The molecule has 3 aromatic rings. The molecule has 11 heteroatoms. The number of benzene rings is 2. The summed E-state index contributed by atoms with van der Waals surface area (Å²) in [6.07, 6.45) is 1.46. The van der Waals surface area contributed by atoms with Gasteiger partial charge >= 0.3 is 6.09 Å². The van der Waals surface area contributed by atoms with Gasteiger partial charge in [-0.2, -0.15) is 0 Å². The zero-order valence-electron chi connectivity index (χ0n) is 23.4. The third kappa shape index (κ3) is 7.50. The molecule has 2 amide bonds. The number of pyridine rings is 1. The molecule has 0 saturated heterocycles. The van der Waals surface area contributed by atoms with Crippen LogP contribution in [0.3, 0.4) is 0 Å². The van der Waals surface area contributed by atoms with Gasteiger partial charge in [-0.3, -0.25) is 9.59 Å². The first-order chi connectivity index (χ1) is 19.0. The molecule has 10 nitrogen and oxygen atoms in total. The van der Waals surface area contributed by atoms with E-state index < -0.39 is 41.5 Å². The number of carbonyl (C=O) groups excluding carboxylic acids is 2. The summed E-state index contributed by atoms with van der Waals surface area (Å²) in [5.74, 6) is -0.392. The van der Waals surface area contributed by atoms with E-state index in [4.69, 9.17) is 14.2 Å². The van der Waals surface area contributed by atoms with Crippen molar-refractivity contribution in [1.29, 1.82) is 0 Å². The molecule has 0 spiro atoms. The van der Waals surface area contributed by atoms with Crippen LogP contribution in [0.5, 0.6) is 11.5 Å². The lowest BCUT2D eigenvalue weighted by Gasteiger charge is -2.22. The molecule has 1 aromatic heterocycles. The van der Waals surface area contributed by atoms with Crippen molar-refractivity contribution >= 4 is 22.9 Å². The molecule has 40 heavy (non-hydrogen) atoms. The number of alkyl carbamates (subject to hydrolysis) is 1. The monoisotopic (exact) mass is 557 g/mol. The highest BCUT2D eigenvalue weighted by Crippen LogP contribution is 2.29. The molecule has 216 valence electrons. The number of hydrogen-bond acceptors (Lipinski definition) is 7. The number of carbonyl (C=O) groups is 2. The van der Waals surface area contributed by atoms with Crippen LogP contribution >= 0.6 is 0 Å². The summed E-state index contributed by atoms with van der Waals surface area (Å²) in [5, 5.41) is 14.5. The topological polar surface area (TPSA) is 128 Å². The van der Waals surface area contributed by atoms with Crippen molar-refractivity contribution in [3.05, 3.63) is 58.6 Å². The summed E-state index contributed by atoms with van der Waals surface area (Å²) in [4.78, 5) is 38.3. The second kappa shape index (κ2) is 13.3. The Hall–Kier alpha value is -4.12. The number of halogens is 1. The van der Waals surface area contributed by atoms with E-state index in [-0.39, 0.29) is 29.6 Å². The van der Waals surface area contributed by atoms with E-state index in [0.29, 0.717) is 30.1 Å². The Morgan fingerprint density at radius 3 is 2.42 bits per heavy atom. The van der Waals surface area contributed by atoms with Crippen LogP contribution in [0.15, 0.2) is 47.4 Å². The smallest absolute Gasteiger partial charge is 0.408 e.